The van der Waals surface area contributed by atoms with Crippen molar-refractivity contribution in [3.05, 3.63) is 24.3 Å². The summed E-state index contributed by atoms with van der Waals surface area (Å²) in [6.07, 6.45) is 2.56. The van der Waals surface area contributed by atoms with Crippen LogP contribution in [0.2, 0.25) is 0 Å². The monoisotopic (exact) mass is 219 g/mol. The van der Waals surface area contributed by atoms with Gasteiger partial charge in [0.05, 0.1) is 5.69 Å². The Kier molecular flexibility index (Phi) is 3.26. The molecule has 1 aromatic carbocycles. The van der Waals surface area contributed by atoms with Crippen LogP contribution in [-0.4, -0.2) is 19.0 Å². The highest BCUT2D eigenvalue weighted by Crippen LogP contribution is 2.22. The number of nitrogens with one attached hydrogen (secondary N) is 1. The van der Waals surface area contributed by atoms with E-state index in [9.17, 15) is 0 Å². The molecule has 1 saturated heterocycles. The van der Waals surface area contributed by atoms with E-state index in [0.29, 0.717) is 0 Å². The van der Waals surface area contributed by atoms with Crippen molar-refractivity contribution in [3.63, 3.8) is 0 Å². The molecule has 0 bridgehead atoms. The number of aliphatic imine (C=N–C) groups is 1. The topological polar surface area (TPSA) is 79.7 Å². The molecule has 0 amide bonds. The second kappa shape index (κ2) is 4.85. The molecule has 86 valence electrons. The van der Waals surface area contributed by atoms with Crippen molar-refractivity contribution >= 4 is 17.3 Å². The zero-order valence-corrected chi connectivity index (χ0v) is 9.19. The average Bonchev–Trinajstić information content (AvgIpc) is 2.83. The number of anilines is 1. The number of rotatable bonds is 2. The molecule has 5 N–H and O–H groups in total. The van der Waals surface area contributed by atoms with Gasteiger partial charge >= 0.3 is 0 Å². The van der Waals surface area contributed by atoms with Gasteiger partial charge in [-0.2, -0.15) is 0 Å². The highest BCUT2D eigenvalue weighted by Gasteiger charge is 2.11. The standard InChI is InChI=1S/C11H17N5/c12-11(15-13)14-9-3-5-10(6-4-9)16-7-1-2-8-16/h3-6H,1-2,7-8,13H2,(H3,12,14,15). The number of hydrogen-bond acceptors (Lipinski definition) is 3. The summed E-state index contributed by atoms with van der Waals surface area (Å²) in [5.41, 5.74) is 9.82. The van der Waals surface area contributed by atoms with Gasteiger partial charge in [-0.25, -0.2) is 10.8 Å². The maximum Gasteiger partial charge on any atom is 0.208 e. The van der Waals surface area contributed by atoms with Crippen molar-refractivity contribution in [3.8, 4) is 0 Å². The second-order valence-corrected chi connectivity index (χ2v) is 3.85. The third-order valence-corrected chi connectivity index (χ3v) is 2.72. The molecule has 5 heteroatoms. The van der Waals surface area contributed by atoms with E-state index >= 15 is 0 Å². The van der Waals surface area contributed by atoms with Crippen molar-refractivity contribution in [2.75, 3.05) is 18.0 Å². The van der Waals surface area contributed by atoms with Gasteiger partial charge in [0.15, 0.2) is 0 Å². The van der Waals surface area contributed by atoms with Gasteiger partial charge in [0, 0.05) is 18.8 Å². The smallest absolute Gasteiger partial charge is 0.208 e. The van der Waals surface area contributed by atoms with Gasteiger partial charge in [0.25, 0.3) is 0 Å². The highest BCUT2D eigenvalue weighted by molar-refractivity contribution is 5.80. The summed E-state index contributed by atoms with van der Waals surface area (Å²) in [5, 5.41) is 0. The van der Waals surface area contributed by atoms with Crippen LogP contribution in [0.25, 0.3) is 0 Å². The largest absolute Gasteiger partial charge is 0.372 e. The number of hydrogen-bond donors (Lipinski definition) is 3. The molecule has 1 heterocycles. The van der Waals surface area contributed by atoms with Crippen molar-refractivity contribution in [1.29, 1.82) is 0 Å². The number of guanidine groups is 1. The molecule has 2 rings (SSSR count). The molecule has 0 atom stereocenters. The molecule has 1 fully saturated rings. The third-order valence-electron chi connectivity index (χ3n) is 2.72. The van der Waals surface area contributed by atoms with Crippen LogP contribution in [0.3, 0.4) is 0 Å². The first-order valence-electron chi connectivity index (χ1n) is 5.45. The summed E-state index contributed by atoms with van der Waals surface area (Å²) in [6, 6.07) is 8.01. The zero-order valence-electron chi connectivity index (χ0n) is 9.19. The van der Waals surface area contributed by atoms with E-state index in [4.69, 9.17) is 11.6 Å². The van der Waals surface area contributed by atoms with Crippen molar-refractivity contribution in [2.24, 2.45) is 16.6 Å². The fourth-order valence-corrected chi connectivity index (χ4v) is 1.88. The Morgan fingerprint density at radius 1 is 1.19 bits per heavy atom. The molecule has 5 nitrogen and oxygen atoms in total. The zero-order chi connectivity index (χ0) is 11.4. The fraction of sp³-hybridized carbons (Fsp3) is 0.364. The van der Waals surface area contributed by atoms with E-state index in [2.05, 4.69) is 27.5 Å². The van der Waals surface area contributed by atoms with Crippen molar-refractivity contribution < 1.29 is 0 Å². The molecule has 0 spiro atoms. The minimum absolute atomic E-state index is 0.217. The van der Waals surface area contributed by atoms with Crippen LogP contribution < -0.4 is 21.9 Å². The lowest BCUT2D eigenvalue weighted by atomic mass is 10.2. The van der Waals surface area contributed by atoms with Crippen LogP contribution in [0.4, 0.5) is 11.4 Å². The van der Waals surface area contributed by atoms with Crippen LogP contribution in [0.15, 0.2) is 29.3 Å². The molecule has 16 heavy (non-hydrogen) atoms. The minimum atomic E-state index is 0.217. The summed E-state index contributed by atoms with van der Waals surface area (Å²) >= 11 is 0. The van der Waals surface area contributed by atoms with Crippen LogP contribution in [0.1, 0.15) is 12.8 Å². The molecule has 1 aliphatic heterocycles. The van der Waals surface area contributed by atoms with E-state index in [1.54, 1.807) is 0 Å². The molecule has 1 aliphatic rings. The first kappa shape index (κ1) is 10.8. The van der Waals surface area contributed by atoms with Gasteiger partial charge < -0.3 is 10.6 Å². The predicted octanol–water partition coefficient (Wildman–Crippen LogP) is 0.696. The molecular formula is C11H17N5. The summed E-state index contributed by atoms with van der Waals surface area (Å²) in [4.78, 5) is 6.46. The Morgan fingerprint density at radius 2 is 1.81 bits per heavy atom. The number of benzene rings is 1. The van der Waals surface area contributed by atoms with Crippen LogP contribution in [-0.2, 0) is 0 Å². The first-order valence-corrected chi connectivity index (χ1v) is 5.45. The maximum absolute atomic E-state index is 5.47. The van der Waals surface area contributed by atoms with E-state index in [1.807, 2.05) is 12.1 Å². The molecule has 0 aromatic heterocycles. The third kappa shape index (κ3) is 2.43. The van der Waals surface area contributed by atoms with Gasteiger partial charge in [-0.15, -0.1) is 0 Å². The normalized spacial score (nSPS) is 16.6. The lowest BCUT2D eigenvalue weighted by Gasteiger charge is -2.17. The van der Waals surface area contributed by atoms with E-state index in [-0.39, 0.29) is 5.96 Å². The van der Waals surface area contributed by atoms with Gasteiger partial charge in [0.1, 0.15) is 0 Å². The minimum Gasteiger partial charge on any atom is -0.372 e. The van der Waals surface area contributed by atoms with E-state index < -0.39 is 0 Å². The lowest BCUT2D eigenvalue weighted by Crippen LogP contribution is -2.36. The fourth-order valence-electron chi connectivity index (χ4n) is 1.88. The highest BCUT2D eigenvalue weighted by atomic mass is 15.3. The number of hydrazine groups is 1. The molecule has 0 saturated carbocycles. The van der Waals surface area contributed by atoms with Crippen molar-refractivity contribution in [1.82, 2.24) is 5.43 Å². The Labute approximate surface area is 95.1 Å². The van der Waals surface area contributed by atoms with Gasteiger partial charge in [-0.3, -0.25) is 5.43 Å². The summed E-state index contributed by atoms with van der Waals surface area (Å²) in [7, 11) is 0. The SMILES string of the molecule is NNC(N)=Nc1ccc(N2CCCC2)cc1. The molecule has 0 aliphatic carbocycles. The summed E-state index contributed by atoms with van der Waals surface area (Å²) in [5.74, 6) is 5.35. The van der Waals surface area contributed by atoms with Crippen LogP contribution in [0, 0.1) is 0 Å². The Bertz CT molecular complexity index is 364. The molecule has 1 aromatic rings. The van der Waals surface area contributed by atoms with Gasteiger partial charge in [-0.05, 0) is 37.1 Å². The maximum atomic E-state index is 5.47. The predicted molar refractivity (Wildman–Crippen MR) is 66.5 cm³/mol. The van der Waals surface area contributed by atoms with Crippen LogP contribution >= 0.6 is 0 Å². The van der Waals surface area contributed by atoms with Crippen LogP contribution in [0.5, 0.6) is 0 Å². The van der Waals surface area contributed by atoms with Crippen molar-refractivity contribution in [2.45, 2.75) is 12.8 Å². The summed E-state index contributed by atoms with van der Waals surface area (Å²) in [6.45, 7) is 2.30. The number of nitrogens with two attached hydrogens (primary N) is 2. The van der Waals surface area contributed by atoms with E-state index in [1.165, 1.54) is 18.5 Å². The Balaban J connectivity index is 2.09. The molecule has 0 unspecified atom stereocenters. The average molecular weight is 219 g/mol. The first-order chi connectivity index (χ1) is 7.79. The Morgan fingerprint density at radius 3 is 2.38 bits per heavy atom. The van der Waals surface area contributed by atoms with Gasteiger partial charge in [-0.1, -0.05) is 0 Å². The summed E-state index contributed by atoms with van der Waals surface area (Å²) < 4.78 is 0. The number of nitrogens with zero attached hydrogens (tertiary/aromatic N) is 2. The molecular weight excluding hydrogens is 202 g/mol. The second-order valence-electron chi connectivity index (χ2n) is 3.85. The molecule has 0 radical (unpaired) electrons. The lowest BCUT2D eigenvalue weighted by molar-refractivity contribution is 0.949. The van der Waals surface area contributed by atoms with E-state index in [0.717, 1.165) is 18.8 Å². The Hall–Kier alpha value is -1.75. The quantitative estimate of drug-likeness (QED) is 0.296. The van der Waals surface area contributed by atoms with Gasteiger partial charge in [0.2, 0.25) is 5.96 Å².